The Bertz CT molecular complexity index is 2200. The van der Waals surface area contributed by atoms with Crippen molar-refractivity contribution >= 4 is 21.8 Å². The van der Waals surface area contributed by atoms with Crippen LogP contribution >= 0.6 is 0 Å². The summed E-state index contributed by atoms with van der Waals surface area (Å²) in [5, 5.41) is 7.48. The van der Waals surface area contributed by atoms with Crippen molar-refractivity contribution in [3.63, 3.8) is 0 Å². The molecule has 0 aliphatic carbocycles. The maximum absolute atomic E-state index is 6.58. The third kappa shape index (κ3) is 5.26. The number of hydrogen-bond donors (Lipinski definition) is 0. The van der Waals surface area contributed by atoms with Crippen molar-refractivity contribution < 1.29 is 4.74 Å². The molecule has 0 bridgehead atoms. The van der Waals surface area contributed by atoms with Crippen molar-refractivity contribution in [2.45, 2.75) is 59.8 Å². The number of ether oxygens (including phenoxy) is 1. The smallest absolute Gasteiger partial charge is 0.137 e. The van der Waals surface area contributed by atoms with E-state index in [9.17, 15) is 0 Å². The minimum Gasteiger partial charge on any atom is -0.457 e. The van der Waals surface area contributed by atoms with E-state index in [1.165, 1.54) is 38.7 Å². The van der Waals surface area contributed by atoms with Gasteiger partial charge in [-0.15, -0.1) is 0 Å². The van der Waals surface area contributed by atoms with Crippen LogP contribution in [0.3, 0.4) is 0 Å². The molecule has 0 saturated carbocycles. The third-order valence-corrected chi connectivity index (χ3v) is 8.82. The molecule has 5 heteroatoms. The zero-order valence-electron chi connectivity index (χ0n) is 27.5. The Hall–Kier alpha value is -5.16. The van der Waals surface area contributed by atoms with Crippen molar-refractivity contribution in [3.8, 4) is 34.1 Å². The van der Waals surface area contributed by atoms with Crippen LogP contribution in [0.15, 0.2) is 109 Å². The Labute approximate surface area is 271 Å². The van der Waals surface area contributed by atoms with Gasteiger partial charge in [-0.2, -0.15) is 5.10 Å². The van der Waals surface area contributed by atoms with Gasteiger partial charge in [-0.05, 0) is 90.4 Å². The molecule has 4 aromatic carbocycles. The molecular weight excluding hydrogens is 564 g/mol. The Kier molecular flexibility index (Phi) is 7.48. The van der Waals surface area contributed by atoms with Crippen molar-refractivity contribution in [2.75, 3.05) is 0 Å². The first-order valence-electron chi connectivity index (χ1n) is 16.2. The van der Waals surface area contributed by atoms with Gasteiger partial charge in [0.05, 0.1) is 28.1 Å². The Morgan fingerprint density at radius 3 is 2.26 bits per heavy atom. The number of hydrogen-bond acceptors (Lipinski definition) is 3. The van der Waals surface area contributed by atoms with Crippen LogP contribution in [0.2, 0.25) is 0 Å². The molecule has 3 aromatic heterocycles. The molecule has 0 amide bonds. The number of rotatable bonds is 7. The van der Waals surface area contributed by atoms with E-state index in [1.807, 2.05) is 24.4 Å². The van der Waals surface area contributed by atoms with Crippen LogP contribution in [0.4, 0.5) is 0 Å². The molecule has 7 aromatic rings. The number of aromatic nitrogens is 4. The van der Waals surface area contributed by atoms with Gasteiger partial charge in [0.15, 0.2) is 0 Å². The summed E-state index contributed by atoms with van der Waals surface area (Å²) >= 11 is 0. The monoisotopic (exact) mass is 604 g/mol. The summed E-state index contributed by atoms with van der Waals surface area (Å²) < 4.78 is 10.9. The predicted octanol–water partition coefficient (Wildman–Crippen LogP) is 10.6. The molecule has 46 heavy (non-hydrogen) atoms. The lowest BCUT2D eigenvalue weighted by Crippen LogP contribution is -2.10. The van der Waals surface area contributed by atoms with Crippen LogP contribution in [0, 0.1) is 6.92 Å². The first-order valence-corrected chi connectivity index (χ1v) is 16.2. The summed E-state index contributed by atoms with van der Waals surface area (Å²) in [4.78, 5) is 4.78. The second-order valence-electron chi connectivity index (χ2n) is 13.0. The van der Waals surface area contributed by atoms with Gasteiger partial charge in [-0.1, -0.05) is 77.1 Å². The quantitative estimate of drug-likeness (QED) is 0.182. The maximum Gasteiger partial charge on any atom is 0.137 e. The second-order valence-corrected chi connectivity index (χ2v) is 13.0. The van der Waals surface area contributed by atoms with Crippen LogP contribution < -0.4 is 4.74 Å². The lowest BCUT2D eigenvalue weighted by Gasteiger charge is -2.19. The fourth-order valence-corrected chi connectivity index (χ4v) is 6.46. The molecule has 0 aliphatic heterocycles. The largest absolute Gasteiger partial charge is 0.457 e. The van der Waals surface area contributed by atoms with Gasteiger partial charge < -0.3 is 4.74 Å². The summed E-state index contributed by atoms with van der Waals surface area (Å²) in [5.41, 5.74) is 10.4. The highest BCUT2D eigenvalue weighted by Crippen LogP contribution is 2.38. The van der Waals surface area contributed by atoms with Gasteiger partial charge in [0.2, 0.25) is 0 Å². The SMILES string of the molecule is CCc1nn(-c2cccc(Oc3ccc4c5cc(C(C)(C)C)ccc5n(-c5cc(C)ccn5)c4c3)c2)c(CC)c1-c1ccccc1. The first-order chi connectivity index (χ1) is 22.2. The van der Waals surface area contributed by atoms with Gasteiger partial charge >= 0.3 is 0 Å². The van der Waals surface area contributed by atoms with Crippen LogP contribution in [0.5, 0.6) is 11.5 Å². The standard InChI is InChI=1S/C41H40N4O/c1-7-35-40(28-13-10-9-11-14-28)36(8-2)45(43-35)30-15-12-16-31(25-30)46-32-18-19-33-34-24-29(41(4,5)6)17-20-37(34)44(38(33)26-32)39-23-27(3)21-22-42-39/h9-26H,7-8H2,1-6H3. The molecule has 0 aliphatic rings. The molecule has 0 unspecified atom stereocenters. The molecule has 0 fully saturated rings. The van der Waals surface area contributed by atoms with E-state index in [-0.39, 0.29) is 5.41 Å². The van der Waals surface area contributed by atoms with Crippen molar-refractivity contribution in [1.29, 1.82) is 0 Å². The number of aryl methyl sites for hydroxylation is 2. The Morgan fingerprint density at radius 1 is 0.717 bits per heavy atom. The molecular formula is C41H40N4O. The van der Waals surface area contributed by atoms with E-state index in [2.05, 4.69) is 136 Å². The first kappa shape index (κ1) is 29.5. The number of nitrogens with zero attached hydrogens (tertiary/aromatic N) is 4. The van der Waals surface area contributed by atoms with Crippen LogP contribution in [0.25, 0.3) is 44.4 Å². The van der Waals surface area contributed by atoms with Crippen LogP contribution in [-0.2, 0) is 18.3 Å². The van der Waals surface area contributed by atoms with E-state index >= 15 is 0 Å². The molecule has 7 rings (SSSR count). The van der Waals surface area contributed by atoms with E-state index in [4.69, 9.17) is 14.8 Å². The van der Waals surface area contributed by atoms with Crippen molar-refractivity contribution in [1.82, 2.24) is 19.3 Å². The number of fused-ring (bicyclic) bond motifs is 3. The topological polar surface area (TPSA) is 44.9 Å². The van der Waals surface area contributed by atoms with Gasteiger partial charge in [-0.3, -0.25) is 4.57 Å². The van der Waals surface area contributed by atoms with Crippen molar-refractivity contribution in [3.05, 3.63) is 132 Å². The highest BCUT2D eigenvalue weighted by Gasteiger charge is 2.20. The molecule has 0 radical (unpaired) electrons. The van der Waals surface area contributed by atoms with E-state index in [0.29, 0.717) is 0 Å². The summed E-state index contributed by atoms with van der Waals surface area (Å²) in [6, 6.07) is 36.2. The lowest BCUT2D eigenvalue weighted by molar-refractivity contribution is 0.482. The molecule has 3 heterocycles. The van der Waals surface area contributed by atoms with E-state index in [1.54, 1.807) is 0 Å². The fourth-order valence-electron chi connectivity index (χ4n) is 6.46. The summed E-state index contributed by atoms with van der Waals surface area (Å²) in [6.45, 7) is 13.2. The Balaban J connectivity index is 1.32. The molecule has 0 saturated heterocycles. The average Bonchev–Trinajstić information content (AvgIpc) is 3.60. The minimum absolute atomic E-state index is 0.0459. The predicted molar refractivity (Wildman–Crippen MR) is 190 cm³/mol. The molecule has 0 N–H and O–H groups in total. The molecule has 0 atom stereocenters. The normalized spacial score (nSPS) is 11.9. The average molecular weight is 605 g/mol. The number of benzene rings is 4. The summed E-state index contributed by atoms with van der Waals surface area (Å²) in [7, 11) is 0. The van der Waals surface area contributed by atoms with E-state index in [0.717, 1.165) is 52.6 Å². The minimum atomic E-state index is 0.0459. The molecule has 5 nitrogen and oxygen atoms in total. The molecule has 230 valence electrons. The van der Waals surface area contributed by atoms with Gasteiger partial charge in [-0.25, -0.2) is 9.67 Å². The van der Waals surface area contributed by atoms with Gasteiger partial charge in [0.25, 0.3) is 0 Å². The van der Waals surface area contributed by atoms with Gasteiger partial charge in [0.1, 0.15) is 17.3 Å². The lowest BCUT2D eigenvalue weighted by atomic mass is 9.86. The zero-order chi connectivity index (χ0) is 32.0. The third-order valence-electron chi connectivity index (χ3n) is 8.82. The second kappa shape index (κ2) is 11.6. The molecule has 0 spiro atoms. The maximum atomic E-state index is 6.58. The van der Waals surface area contributed by atoms with Gasteiger partial charge in [0, 0.05) is 34.7 Å². The summed E-state index contributed by atoms with van der Waals surface area (Å²) in [6.07, 6.45) is 3.61. The highest BCUT2D eigenvalue weighted by atomic mass is 16.5. The van der Waals surface area contributed by atoms with Crippen LogP contribution in [0.1, 0.15) is 57.1 Å². The fraction of sp³-hybridized carbons (Fsp3) is 0.220. The van der Waals surface area contributed by atoms with Crippen LogP contribution in [-0.4, -0.2) is 19.3 Å². The zero-order valence-corrected chi connectivity index (χ0v) is 27.5. The van der Waals surface area contributed by atoms with E-state index < -0.39 is 0 Å². The number of pyridine rings is 1. The van der Waals surface area contributed by atoms with Crippen molar-refractivity contribution in [2.24, 2.45) is 0 Å². The summed E-state index contributed by atoms with van der Waals surface area (Å²) in [5.74, 6) is 2.43. The highest BCUT2D eigenvalue weighted by molar-refractivity contribution is 6.09. The Morgan fingerprint density at radius 2 is 1.52 bits per heavy atom.